The second kappa shape index (κ2) is 8.72. The highest BCUT2D eigenvalue weighted by Crippen LogP contribution is 2.48. The maximum atomic E-state index is 14.2. The van der Waals surface area contributed by atoms with Gasteiger partial charge in [-0.25, -0.2) is 0 Å². The summed E-state index contributed by atoms with van der Waals surface area (Å²) in [7, 11) is -6.76. The molecule has 0 fully saturated rings. The van der Waals surface area contributed by atoms with E-state index >= 15 is 0 Å². The second-order valence-electron chi connectivity index (χ2n) is 6.00. The van der Waals surface area contributed by atoms with E-state index < -0.39 is 44.9 Å². The maximum absolute atomic E-state index is 14.2. The van der Waals surface area contributed by atoms with Crippen LogP contribution in [0.4, 0.5) is 43.9 Å². The summed E-state index contributed by atoms with van der Waals surface area (Å²) >= 11 is 0. The van der Waals surface area contributed by atoms with Gasteiger partial charge in [0.05, 0.1) is 0 Å². The Labute approximate surface area is 178 Å². The number of hydrogen-bond donors (Lipinski definition) is 0. The van der Waals surface area contributed by atoms with Gasteiger partial charge in [0.2, 0.25) is 0 Å². The fourth-order valence-corrected chi connectivity index (χ4v) is 2.31. The van der Waals surface area contributed by atoms with E-state index in [-0.39, 0.29) is 11.5 Å². The predicted octanol–water partition coefficient (Wildman–Crippen LogP) is 5.88. The van der Waals surface area contributed by atoms with E-state index in [1.54, 1.807) is 6.07 Å². The van der Waals surface area contributed by atoms with Crippen LogP contribution in [0.25, 0.3) is 0 Å². The number of ether oxygens (including phenoxy) is 1. The molecule has 0 aliphatic carbocycles. The summed E-state index contributed by atoms with van der Waals surface area (Å²) in [5.74, 6) is -13.2. The minimum absolute atomic E-state index is 0.154. The number of alkyl halides is 10. The van der Waals surface area contributed by atoms with Gasteiger partial charge in [-0.3, -0.25) is 4.28 Å². The topological polar surface area (TPSA) is 65.0 Å². The van der Waals surface area contributed by atoms with Crippen molar-refractivity contribution in [2.75, 3.05) is 0 Å². The molecule has 0 saturated heterocycles. The summed E-state index contributed by atoms with van der Waals surface area (Å²) in [5, 5.41) is 1.84. The van der Waals surface area contributed by atoms with E-state index in [0.29, 0.717) is 12.1 Å². The van der Waals surface area contributed by atoms with Gasteiger partial charge in [-0.2, -0.15) is 52.3 Å². The van der Waals surface area contributed by atoms with Crippen molar-refractivity contribution in [3.63, 3.8) is 0 Å². The van der Waals surface area contributed by atoms with Gasteiger partial charge in [0.1, 0.15) is 11.5 Å². The van der Waals surface area contributed by atoms with E-state index in [4.69, 9.17) is 4.74 Å². The Balaban J connectivity index is 2.54. The number of benzene rings is 2. The summed E-state index contributed by atoms with van der Waals surface area (Å²) in [6.45, 7) is 0. The molecule has 0 amide bonds. The first kappa shape index (κ1) is 26.2. The molecule has 0 bridgehead atoms. The predicted molar refractivity (Wildman–Crippen MR) is 91.5 cm³/mol. The minimum atomic E-state index is -6.89. The lowest BCUT2D eigenvalue weighted by atomic mass is 9.99. The van der Waals surface area contributed by atoms with Crippen molar-refractivity contribution in [1.82, 2.24) is 0 Å². The molecule has 0 aliphatic rings. The van der Waals surface area contributed by atoms with Crippen LogP contribution in [0, 0.1) is 0 Å². The van der Waals surface area contributed by atoms with Gasteiger partial charge in [-0.1, -0.05) is 23.4 Å². The molecule has 0 aromatic heterocycles. The highest BCUT2D eigenvalue weighted by Gasteiger charge is 2.75. The van der Waals surface area contributed by atoms with Crippen LogP contribution in [0.5, 0.6) is 11.5 Å². The highest BCUT2D eigenvalue weighted by molar-refractivity contribution is 7.87. The third-order valence-electron chi connectivity index (χ3n) is 3.66. The lowest BCUT2D eigenvalue weighted by molar-refractivity contribution is -0.336. The highest BCUT2D eigenvalue weighted by atomic mass is 32.2. The van der Waals surface area contributed by atoms with Crippen LogP contribution >= 0.6 is 0 Å². The molecule has 0 N–H and O–H groups in total. The Kier molecular flexibility index (Phi) is 6.93. The third-order valence-corrected chi connectivity index (χ3v) is 4.50. The molecule has 0 unspecified atom stereocenters. The first-order valence-corrected chi connectivity index (χ1v) is 9.55. The minimum Gasteiger partial charge on any atom is -0.457 e. The van der Waals surface area contributed by atoms with Crippen LogP contribution in [0.2, 0.25) is 0 Å². The second-order valence-corrected chi connectivity index (χ2v) is 7.52. The van der Waals surface area contributed by atoms with Crippen molar-refractivity contribution in [3.8, 4) is 11.5 Å². The number of halogens is 10. The molecule has 0 aliphatic heterocycles. The number of hydrogen-bond acceptors (Lipinski definition) is 5. The van der Waals surface area contributed by atoms with Crippen molar-refractivity contribution in [1.29, 1.82) is 0 Å². The third kappa shape index (κ3) is 5.48. The summed E-state index contributed by atoms with van der Waals surface area (Å²) in [6.07, 6.45) is -6.89. The van der Waals surface area contributed by atoms with Crippen molar-refractivity contribution < 1.29 is 61.3 Å². The van der Waals surface area contributed by atoms with Crippen LogP contribution in [-0.4, -0.2) is 37.7 Å². The van der Waals surface area contributed by atoms with Crippen molar-refractivity contribution >= 4 is 15.8 Å². The maximum Gasteiger partial charge on any atom is 0.536 e. The summed E-state index contributed by atoms with van der Waals surface area (Å²) in [5.41, 5.74) is -10.3. The molecule has 0 spiro atoms. The molecule has 182 valence electrons. The molecule has 0 saturated carbocycles. The zero-order valence-corrected chi connectivity index (χ0v) is 16.3. The van der Waals surface area contributed by atoms with Gasteiger partial charge in [0.15, 0.2) is 5.71 Å². The first-order valence-electron chi connectivity index (χ1n) is 8.14. The average molecular weight is 513 g/mol. The Morgan fingerprint density at radius 3 is 1.67 bits per heavy atom. The van der Waals surface area contributed by atoms with Crippen molar-refractivity contribution in [2.24, 2.45) is 5.16 Å². The van der Waals surface area contributed by atoms with Crippen LogP contribution in [0.1, 0.15) is 5.56 Å². The van der Waals surface area contributed by atoms with Crippen LogP contribution in [0.3, 0.4) is 0 Å². The lowest BCUT2D eigenvalue weighted by Crippen LogP contribution is -2.56. The summed E-state index contributed by atoms with van der Waals surface area (Å²) in [6, 6.07) is 9.97. The largest absolute Gasteiger partial charge is 0.536 e. The van der Waals surface area contributed by atoms with Gasteiger partial charge in [-0.15, -0.1) is 0 Å². The SMILES string of the molecule is O=S(=O)(ON=C(c1ccc(Oc2ccccc2)cc1)C(F)(F)C(F)(F)C(F)(F)F)C(F)(F)F. The molecule has 0 radical (unpaired) electrons. The molecule has 0 heterocycles. The Hall–Kier alpha value is -3.04. The summed E-state index contributed by atoms with van der Waals surface area (Å²) in [4.78, 5) is 0. The van der Waals surface area contributed by atoms with Gasteiger partial charge in [0.25, 0.3) is 0 Å². The van der Waals surface area contributed by atoms with E-state index in [1.165, 1.54) is 24.3 Å². The number of rotatable bonds is 7. The normalized spacial score (nSPS) is 14.2. The van der Waals surface area contributed by atoms with E-state index in [9.17, 15) is 52.3 Å². The average Bonchev–Trinajstić information content (AvgIpc) is 2.68. The Morgan fingerprint density at radius 1 is 0.727 bits per heavy atom. The molecular formula is C17H9F10NO4S. The zero-order chi connectivity index (χ0) is 25.3. The smallest absolute Gasteiger partial charge is 0.457 e. The molecule has 16 heteroatoms. The molecule has 2 aromatic rings. The zero-order valence-electron chi connectivity index (χ0n) is 15.5. The van der Waals surface area contributed by atoms with Crippen LogP contribution in [-0.2, 0) is 14.4 Å². The van der Waals surface area contributed by atoms with Gasteiger partial charge in [0, 0.05) is 5.56 Å². The number of oxime groups is 1. The quantitative estimate of drug-likeness (QED) is 0.201. The van der Waals surface area contributed by atoms with E-state index in [2.05, 4.69) is 4.28 Å². The molecule has 33 heavy (non-hydrogen) atoms. The molecule has 2 rings (SSSR count). The standard InChI is InChI=1S/C17H9F10NO4S/c18-14(19,15(20,21)16(22,23)24)13(28-32-33(29,30)17(25,26)27)10-6-8-12(9-7-10)31-11-4-2-1-3-5-11/h1-9H. The Bertz CT molecular complexity index is 1100. The first-order chi connectivity index (χ1) is 14.9. The Morgan fingerprint density at radius 2 is 1.21 bits per heavy atom. The van der Waals surface area contributed by atoms with E-state index in [1.807, 2.05) is 5.16 Å². The van der Waals surface area contributed by atoms with Crippen LogP contribution in [0.15, 0.2) is 59.8 Å². The monoisotopic (exact) mass is 513 g/mol. The van der Waals surface area contributed by atoms with Gasteiger partial charge < -0.3 is 4.74 Å². The van der Waals surface area contributed by atoms with E-state index in [0.717, 1.165) is 12.1 Å². The van der Waals surface area contributed by atoms with Crippen molar-refractivity contribution in [3.05, 3.63) is 60.2 Å². The van der Waals surface area contributed by atoms with Gasteiger partial charge in [-0.05, 0) is 36.4 Å². The number of nitrogens with zero attached hydrogens (tertiary/aromatic N) is 1. The summed E-state index contributed by atoms with van der Waals surface area (Å²) < 4.78 is 160. The van der Waals surface area contributed by atoms with Crippen LogP contribution < -0.4 is 4.74 Å². The van der Waals surface area contributed by atoms with Gasteiger partial charge >= 0.3 is 33.6 Å². The fraction of sp³-hybridized carbons (Fsp3) is 0.235. The molecular weight excluding hydrogens is 504 g/mol. The number of para-hydroxylation sites is 1. The molecule has 2 aromatic carbocycles. The lowest BCUT2D eigenvalue weighted by Gasteiger charge is -2.28. The fourth-order valence-electron chi connectivity index (χ4n) is 2.05. The molecule has 0 atom stereocenters. The molecule has 5 nitrogen and oxygen atoms in total. The van der Waals surface area contributed by atoms with Crippen molar-refractivity contribution in [2.45, 2.75) is 23.5 Å².